The molecule has 122 valence electrons. The van der Waals surface area contributed by atoms with E-state index in [0.29, 0.717) is 10.9 Å². The molecule has 0 saturated carbocycles. The smallest absolute Gasteiger partial charge is 0.258 e. The maximum absolute atomic E-state index is 12.0. The number of carbonyl (C=O) groups excluding carboxylic acids is 1. The van der Waals surface area contributed by atoms with E-state index in [9.17, 15) is 4.79 Å². The number of hydrogen-bond acceptors (Lipinski definition) is 6. The standard InChI is InChI=1S/C16H19N3O3S/c1-11(13-6-4-5-7-14(13)21-2)19-15(20)10-22-12-8-17-16(23-3)18-9-12/h4-9,11H,10H2,1-3H3,(H,19,20). The Morgan fingerprint density at radius 1 is 1.30 bits per heavy atom. The molecule has 1 aromatic heterocycles. The number of rotatable bonds is 7. The van der Waals surface area contributed by atoms with Crippen LogP contribution in [0.5, 0.6) is 11.5 Å². The lowest BCUT2D eigenvalue weighted by atomic mass is 10.1. The molecule has 1 N–H and O–H groups in total. The van der Waals surface area contributed by atoms with Crippen molar-refractivity contribution in [3.63, 3.8) is 0 Å². The zero-order valence-electron chi connectivity index (χ0n) is 13.3. The fourth-order valence-electron chi connectivity index (χ4n) is 2.02. The topological polar surface area (TPSA) is 73.3 Å². The first-order valence-electron chi connectivity index (χ1n) is 7.05. The Kier molecular flexibility index (Phi) is 6.22. The van der Waals surface area contributed by atoms with E-state index in [0.717, 1.165) is 11.3 Å². The fraction of sp³-hybridized carbons (Fsp3) is 0.312. The lowest BCUT2D eigenvalue weighted by molar-refractivity contribution is -0.123. The molecular formula is C16H19N3O3S. The summed E-state index contributed by atoms with van der Waals surface area (Å²) in [6.45, 7) is 1.80. The number of carbonyl (C=O) groups is 1. The number of amides is 1. The van der Waals surface area contributed by atoms with Gasteiger partial charge >= 0.3 is 0 Å². The Bertz CT molecular complexity index is 649. The summed E-state index contributed by atoms with van der Waals surface area (Å²) in [4.78, 5) is 20.2. The SMILES string of the molecule is COc1ccccc1C(C)NC(=O)COc1cnc(SC)nc1. The molecule has 1 aromatic carbocycles. The van der Waals surface area contributed by atoms with Crippen molar-refractivity contribution in [3.8, 4) is 11.5 Å². The van der Waals surface area contributed by atoms with E-state index < -0.39 is 0 Å². The maximum atomic E-state index is 12.0. The average molecular weight is 333 g/mol. The second-order valence-electron chi connectivity index (χ2n) is 4.73. The van der Waals surface area contributed by atoms with E-state index >= 15 is 0 Å². The summed E-state index contributed by atoms with van der Waals surface area (Å²) in [6.07, 6.45) is 4.99. The Morgan fingerprint density at radius 2 is 2.00 bits per heavy atom. The van der Waals surface area contributed by atoms with Crippen LogP contribution in [0, 0.1) is 0 Å². The molecule has 0 aliphatic carbocycles. The molecule has 0 saturated heterocycles. The van der Waals surface area contributed by atoms with Crippen LogP contribution in [0.3, 0.4) is 0 Å². The number of aromatic nitrogens is 2. The molecule has 1 amide bonds. The van der Waals surface area contributed by atoms with Crippen molar-refractivity contribution < 1.29 is 14.3 Å². The predicted molar refractivity (Wildman–Crippen MR) is 88.9 cm³/mol. The third kappa shape index (κ3) is 4.85. The Morgan fingerprint density at radius 3 is 2.65 bits per heavy atom. The monoisotopic (exact) mass is 333 g/mol. The molecule has 7 heteroatoms. The van der Waals surface area contributed by atoms with Crippen LogP contribution in [0.15, 0.2) is 41.8 Å². The summed E-state index contributed by atoms with van der Waals surface area (Å²) >= 11 is 1.44. The second kappa shape index (κ2) is 8.38. The predicted octanol–water partition coefficient (Wildman–Crippen LogP) is 2.46. The normalized spacial score (nSPS) is 11.6. The van der Waals surface area contributed by atoms with E-state index in [1.807, 2.05) is 37.4 Å². The van der Waals surface area contributed by atoms with Crippen molar-refractivity contribution in [2.75, 3.05) is 20.0 Å². The van der Waals surface area contributed by atoms with E-state index in [1.165, 1.54) is 11.8 Å². The highest BCUT2D eigenvalue weighted by Crippen LogP contribution is 2.24. The Labute approximate surface area is 139 Å². The van der Waals surface area contributed by atoms with Crippen LogP contribution < -0.4 is 14.8 Å². The highest BCUT2D eigenvalue weighted by molar-refractivity contribution is 7.98. The molecule has 2 rings (SSSR count). The van der Waals surface area contributed by atoms with E-state index in [4.69, 9.17) is 9.47 Å². The van der Waals surface area contributed by atoms with Gasteiger partial charge in [0, 0.05) is 5.56 Å². The first-order valence-corrected chi connectivity index (χ1v) is 8.27. The molecule has 23 heavy (non-hydrogen) atoms. The molecule has 6 nitrogen and oxygen atoms in total. The molecule has 2 aromatic rings. The van der Waals surface area contributed by atoms with Crippen LogP contribution in [-0.2, 0) is 4.79 Å². The van der Waals surface area contributed by atoms with Crippen molar-refractivity contribution in [1.29, 1.82) is 0 Å². The molecule has 1 atom stereocenters. The maximum Gasteiger partial charge on any atom is 0.258 e. The largest absolute Gasteiger partial charge is 0.496 e. The molecule has 1 heterocycles. The molecule has 1 unspecified atom stereocenters. The Balaban J connectivity index is 1.88. The zero-order chi connectivity index (χ0) is 16.7. The van der Waals surface area contributed by atoms with Crippen molar-refractivity contribution in [1.82, 2.24) is 15.3 Å². The van der Waals surface area contributed by atoms with Crippen LogP contribution in [0.2, 0.25) is 0 Å². The van der Waals surface area contributed by atoms with Crippen LogP contribution in [0.25, 0.3) is 0 Å². The van der Waals surface area contributed by atoms with Crippen LogP contribution in [0.1, 0.15) is 18.5 Å². The van der Waals surface area contributed by atoms with E-state index in [2.05, 4.69) is 15.3 Å². The fourth-order valence-corrected chi connectivity index (χ4v) is 2.33. The summed E-state index contributed by atoms with van der Waals surface area (Å²) in [5.41, 5.74) is 0.913. The molecular weight excluding hydrogens is 314 g/mol. The minimum atomic E-state index is -0.225. The first kappa shape index (κ1) is 17.1. The molecule has 0 bridgehead atoms. The van der Waals surface area contributed by atoms with Crippen LogP contribution >= 0.6 is 11.8 Å². The van der Waals surface area contributed by atoms with Gasteiger partial charge in [-0.3, -0.25) is 4.79 Å². The average Bonchev–Trinajstić information content (AvgIpc) is 2.60. The number of thioether (sulfide) groups is 1. The number of nitrogens with one attached hydrogen (secondary N) is 1. The quantitative estimate of drug-likeness (QED) is 0.620. The van der Waals surface area contributed by atoms with Crippen molar-refractivity contribution >= 4 is 17.7 Å². The molecule has 0 aliphatic heterocycles. The van der Waals surface area contributed by atoms with Crippen molar-refractivity contribution in [3.05, 3.63) is 42.2 Å². The lowest BCUT2D eigenvalue weighted by Gasteiger charge is -2.17. The van der Waals surface area contributed by atoms with Gasteiger partial charge < -0.3 is 14.8 Å². The van der Waals surface area contributed by atoms with Gasteiger partial charge in [-0.2, -0.15) is 0 Å². The zero-order valence-corrected chi connectivity index (χ0v) is 14.1. The van der Waals surface area contributed by atoms with Crippen molar-refractivity contribution in [2.24, 2.45) is 0 Å². The number of methoxy groups -OCH3 is 1. The summed E-state index contributed by atoms with van der Waals surface area (Å²) in [7, 11) is 1.61. The second-order valence-corrected chi connectivity index (χ2v) is 5.50. The van der Waals surface area contributed by atoms with Gasteiger partial charge in [0.25, 0.3) is 5.91 Å². The third-order valence-corrected chi connectivity index (χ3v) is 3.72. The number of ether oxygens (including phenoxy) is 2. The number of benzene rings is 1. The third-order valence-electron chi connectivity index (χ3n) is 3.14. The minimum Gasteiger partial charge on any atom is -0.496 e. The van der Waals surface area contributed by atoms with Gasteiger partial charge in [0.2, 0.25) is 0 Å². The van der Waals surface area contributed by atoms with Crippen molar-refractivity contribution in [2.45, 2.75) is 18.1 Å². The molecule has 0 aliphatic rings. The highest BCUT2D eigenvalue weighted by Gasteiger charge is 2.14. The molecule has 0 radical (unpaired) electrons. The summed E-state index contributed by atoms with van der Waals surface area (Å²) in [5, 5.41) is 3.53. The molecule has 0 spiro atoms. The van der Waals surface area contributed by atoms with Gasteiger partial charge in [0.15, 0.2) is 17.5 Å². The lowest BCUT2D eigenvalue weighted by Crippen LogP contribution is -2.31. The van der Waals surface area contributed by atoms with Gasteiger partial charge in [0.1, 0.15) is 5.75 Å². The van der Waals surface area contributed by atoms with Gasteiger partial charge in [-0.05, 0) is 19.2 Å². The van der Waals surface area contributed by atoms with Gasteiger partial charge in [-0.15, -0.1) is 0 Å². The Hall–Kier alpha value is -2.28. The summed E-state index contributed by atoms with van der Waals surface area (Å²) in [6, 6.07) is 7.39. The van der Waals surface area contributed by atoms with Gasteiger partial charge in [0.05, 0.1) is 25.5 Å². The van der Waals surface area contributed by atoms with Gasteiger partial charge in [-0.25, -0.2) is 9.97 Å². The van der Waals surface area contributed by atoms with E-state index in [1.54, 1.807) is 19.5 Å². The highest BCUT2D eigenvalue weighted by atomic mass is 32.2. The van der Waals surface area contributed by atoms with Gasteiger partial charge in [-0.1, -0.05) is 30.0 Å². The molecule has 0 fully saturated rings. The summed E-state index contributed by atoms with van der Waals surface area (Å²) < 4.78 is 10.7. The van der Waals surface area contributed by atoms with Crippen LogP contribution in [-0.4, -0.2) is 35.8 Å². The number of para-hydroxylation sites is 1. The number of nitrogens with zero attached hydrogens (tertiary/aromatic N) is 2. The minimum absolute atomic E-state index is 0.0958. The summed E-state index contributed by atoms with van der Waals surface area (Å²) in [5.74, 6) is 0.975. The van der Waals surface area contributed by atoms with E-state index in [-0.39, 0.29) is 18.6 Å². The number of hydrogen-bond donors (Lipinski definition) is 1. The first-order chi connectivity index (χ1) is 11.1. The van der Waals surface area contributed by atoms with Crippen LogP contribution in [0.4, 0.5) is 0 Å².